The smallest absolute Gasteiger partial charge is 0.239 e. The Bertz CT molecular complexity index is 1020. The van der Waals surface area contributed by atoms with E-state index < -0.39 is 17.2 Å². The monoisotopic (exact) mass is 391 g/mol. The van der Waals surface area contributed by atoms with Crippen molar-refractivity contribution >= 4 is 34.1 Å². The highest BCUT2D eigenvalue weighted by molar-refractivity contribution is 6.15. The van der Waals surface area contributed by atoms with Crippen molar-refractivity contribution in [2.45, 2.75) is 33.8 Å². The van der Waals surface area contributed by atoms with Gasteiger partial charge in [0.2, 0.25) is 11.8 Å². The molecule has 0 fully saturated rings. The zero-order chi connectivity index (χ0) is 21.0. The molecule has 0 saturated heterocycles. The van der Waals surface area contributed by atoms with E-state index in [1.54, 1.807) is 50.4 Å². The number of para-hydroxylation sites is 1. The number of benzene rings is 2. The maximum Gasteiger partial charge on any atom is 0.239 e. The fraction of sp³-hybridized carbons (Fsp3) is 0.261. The molecule has 150 valence electrons. The van der Waals surface area contributed by atoms with Gasteiger partial charge in [-0.05, 0) is 64.1 Å². The molecule has 0 aliphatic rings. The summed E-state index contributed by atoms with van der Waals surface area (Å²) in [5, 5.41) is 6.55. The van der Waals surface area contributed by atoms with Crippen LogP contribution in [0, 0.1) is 5.41 Å². The molecule has 0 aliphatic carbocycles. The summed E-state index contributed by atoms with van der Waals surface area (Å²) in [5.74, 6) is -0.0907. The van der Waals surface area contributed by atoms with Crippen LogP contribution in [0.3, 0.4) is 0 Å². The number of anilines is 2. The summed E-state index contributed by atoms with van der Waals surface area (Å²) in [6.07, 6.45) is 1.74. The first-order valence-electron chi connectivity index (χ1n) is 9.51. The Balaban J connectivity index is 1.71. The molecule has 6 nitrogen and oxygen atoms in total. The number of nitrogens with zero attached hydrogens (tertiary/aromatic N) is 1. The predicted octanol–water partition coefficient (Wildman–Crippen LogP) is 4.63. The third kappa shape index (κ3) is 4.71. The highest BCUT2D eigenvalue weighted by Crippen LogP contribution is 2.26. The van der Waals surface area contributed by atoms with Crippen LogP contribution in [0.25, 0.3) is 10.9 Å². The molecule has 1 aromatic heterocycles. The van der Waals surface area contributed by atoms with E-state index in [9.17, 15) is 9.59 Å². The second-order valence-electron chi connectivity index (χ2n) is 7.60. The van der Waals surface area contributed by atoms with Gasteiger partial charge >= 0.3 is 0 Å². The minimum atomic E-state index is -1.29. The molecule has 3 rings (SSSR count). The van der Waals surface area contributed by atoms with Gasteiger partial charge in [-0.3, -0.25) is 14.6 Å². The number of nitrogens with one attached hydrogen (secondary N) is 2. The van der Waals surface area contributed by atoms with Crippen LogP contribution in [0.4, 0.5) is 11.4 Å². The van der Waals surface area contributed by atoms with E-state index in [-0.39, 0.29) is 6.10 Å². The van der Waals surface area contributed by atoms with E-state index in [1.807, 2.05) is 38.1 Å². The number of rotatable bonds is 6. The van der Waals surface area contributed by atoms with Crippen LogP contribution < -0.4 is 15.4 Å². The first-order chi connectivity index (χ1) is 13.8. The van der Waals surface area contributed by atoms with Crippen LogP contribution in [0.15, 0.2) is 60.8 Å². The summed E-state index contributed by atoms with van der Waals surface area (Å²) in [5.41, 5.74) is 0.563. The van der Waals surface area contributed by atoms with E-state index in [2.05, 4.69) is 15.6 Å². The fourth-order valence-electron chi connectivity index (χ4n) is 2.76. The number of aromatic nitrogens is 1. The third-order valence-corrected chi connectivity index (χ3v) is 4.50. The summed E-state index contributed by atoms with van der Waals surface area (Å²) < 4.78 is 5.60. The summed E-state index contributed by atoms with van der Waals surface area (Å²) in [4.78, 5) is 30.0. The van der Waals surface area contributed by atoms with Gasteiger partial charge < -0.3 is 15.4 Å². The summed E-state index contributed by atoms with van der Waals surface area (Å²) >= 11 is 0. The van der Waals surface area contributed by atoms with Crippen molar-refractivity contribution in [1.29, 1.82) is 0 Å². The first kappa shape index (κ1) is 20.3. The van der Waals surface area contributed by atoms with Crippen molar-refractivity contribution in [3.63, 3.8) is 0 Å². The molecular weight excluding hydrogens is 366 g/mol. The van der Waals surface area contributed by atoms with Gasteiger partial charge in [0.25, 0.3) is 0 Å². The van der Waals surface area contributed by atoms with Crippen LogP contribution in [-0.4, -0.2) is 22.9 Å². The lowest BCUT2D eigenvalue weighted by molar-refractivity contribution is -0.135. The lowest BCUT2D eigenvalue weighted by Gasteiger charge is -2.23. The molecule has 2 N–H and O–H groups in total. The normalized spacial score (nSPS) is 11.3. The van der Waals surface area contributed by atoms with Crippen molar-refractivity contribution in [1.82, 2.24) is 4.98 Å². The van der Waals surface area contributed by atoms with Gasteiger partial charge in [-0.25, -0.2) is 0 Å². The van der Waals surface area contributed by atoms with Crippen molar-refractivity contribution < 1.29 is 14.3 Å². The average molecular weight is 391 g/mol. The predicted molar refractivity (Wildman–Crippen MR) is 115 cm³/mol. The molecule has 29 heavy (non-hydrogen) atoms. The van der Waals surface area contributed by atoms with Gasteiger partial charge in [0, 0.05) is 17.3 Å². The SMILES string of the molecule is CC(C)Oc1ccc(NC(=O)C(C)(C)C(=O)Nc2cccc3cccnc23)cc1. The lowest BCUT2D eigenvalue weighted by atomic mass is 9.90. The molecule has 0 aliphatic heterocycles. The number of carbonyl (C=O) groups excluding carboxylic acids is 2. The second kappa shape index (κ2) is 8.31. The Morgan fingerprint density at radius 2 is 1.59 bits per heavy atom. The van der Waals surface area contributed by atoms with E-state index >= 15 is 0 Å². The summed E-state index contributed by atoms with van der Waals surface area (Å²) in [7, 11) is 0. The molecule has 3 aromatic rings. The van der Waals surface area contributed by atoms with Gasteiger partial charge in [-0.15, -0.1) is 0 Å². The van der Waals surface area contributed by atoms with E-state index in [1.165, 1.54) is 0 Å². The minimum Gasteiger partial charge on any atom is -0.491 e. The van der Waals surface area contributed by atoms with Crippen LogP contribution >= 0.6 is 0 Å². The van der Waals surface area contributed by atoms with E-state index in [0.717, 1.165) is 11.1 Å². The maximum absolute atomic E-state index is 12.9. The molecule has 2 amide bonds. The summed E-state index contributed by atoms with van der Waals surface area (Å²) in [6.45, 7) is 7.07. The zero-order valence-electron chi connectivity index (χ0n) is 17.0. The molecule has 6 heteroatoms. The lowest BCUT2D eigenvalue weighted by Crippen LogP contribution is -2.41. The summed E-state index contributed by atoms with van der Waals surface area (Å²) in [6, 6.07) is 16.3. The standard InChI is InChI=1S/C23H25N3O3/c1-15(2)29-18-12-10-17(11-13-18)25-21(27)23(3,4)22(28)26-19-9-5-7-16-8-6-14-24-20(16)19/h5-15H,1-4H3,(H,25,27)(H,26,28). The Labute approximate surface area is 170 Å². The van der Waals surface area contributed by atoms with Gasteiger partial charge in [0.05, 0.1) is 17.3 Å². The third-order valence-electron chi connectivity index (χ3n) is 4.50. The van der Waals surface area contributed by atoms with Gasteiger partial charge in [-0.2, -0.15) is 0 Å². The minimum absolute atomic E-state index is 0.0710. The van der Waals surface area contributed by atoms with Gasteiger partial charge in [-0.1, -0.05) is 18.2 Å². The molecular formula is C23H25N3O3. The van der Waals surface area contributed by atoms with E-state index in [0.29, 0.717) is 16.9 Å². The Morgan fingerprint density at radius 3 is 2.28 bits per heavy atom. The Morgan fingerprint density at radius 1 is 0.931 bits per heavy atom. The van der Waals surface area contributed by atoms with Crippen molar-refractivity contribution in [2.75, 3.05) is 10.6 Å². The highest BCUT2D eigenvalue weighted by Gasteiger charge is 2.36. The first-order valence-corrected chi connectivity index (χ1v) is 9.51. The number of pyridine rings is 1. The van der Waals surface area contributed by atoms with Crippen molar-refractivity contribution in [2.24, 2.45) is 5.41 Å². The quantitative estimate of drug-likeness (QED) is 0.601. The number of hydrogen-bond acceptors (Lipinski definition) is 4. The average Bonchev–Trinajstić information content (AvgIpc) is 2.69. The largest absolute Gasteiger partial charge is 0.491 e. The maximum atomic E-state index is 12.9. The highest BCUT2D eigenvalue weighted by atomic mass is 16.5. The zero-order valence-corrected chi connectivity index (χ0v) is 17.0. The van der Waals surface area contributed by atoms with E-state index in [4.69, 9.17) is 4.74 Å². The van der Waals surface area contributed by atoms with Crippen LogP contribution in [0.5, 0.6) is 5.75 Å². The van der Waals surface area contributed by atoms with Crippen molar-refractivity contribution in [3.8, 4) is 5.75 Å². The Kier molecular flexibility index (Phi) is 5.82. The molecule has 0 radical (unpaired) electrons. The molecule has 1 heterocycles. The van der Waals surface area contributed by atoms with Gasteiger partial charge in [0.1, 0.15) is 11.2 Å². The number of amides is 2. The van der Waals surface area contributed by atoms with Crippen LogP contribution in [0.2, 0.25) is 0 Å². The number of carbonyl (C=O) groups is 2. The number of fused-ring (bicyclic) bond motifs is 1. The molecule has 2 aromatic carbocycles. The van der Waals surface area contributed by atoms with Crippen LogP contribution in [-0.2, 0) is 9.59 Å². The number of ether oxygens (including phenoxy) is 1. The fourth-order valence-corrected chi connectivity index (χ4v) is 2.76. The molecule has 0 spiro atoms. The molecule has 0 saturated carbocycles. The topological polar surface area (TPSA) is 80.3 Å². The van der Waals surface area contributed by atoms with Gasteiger partial charge in [0.15, 0.2) is 0 Å². The number of hydrogen-bond donors (Lipinski definition) is 2. The molecule has 0 bridgehead atoms. The van der Waals surface area contributed by atoms with Crippen LogP contribution in [0.1, 0.15) is 27.7 Å². The second-order valence-corrected chi connectivity index (χ2v) is 7.60. The Hall–Kier alpha value is -3.41. The van der Waals surface area contributed by atoms with Crippen molar-refractivity contribution in [3.05, 3.63) is 60.8 Å². The molecule has 0 atom stereocenters. The molecule has 0 unspecified atom stereocenters.